The number of carbonyl (C=O) groups is 1. The van der Waals surface area contributed by atoms with Gasteiger partial charge in [0, 0.05) is 19.3 Å². The van der Waals surface area contributed by atoms with Crippen molar-refractivity contribution in [1.82, 2.24) is 29.9 Å². The van der Waals surface area contributed by atoms with Gasteiger partial charge in [-0.3, -0.25) is 9.78 Å². The molecule has 0 radical (unpaired) electrons. The third kappa shape index (κ3) is 5.83. The first kappa shape index (κ1) is 26.9. The predicted molar refractivity (Wildman–Crippen MR) is 145 cm³/mol. The largest absolute Gasteiger partial charge is 0.387 e. The Morgan fingerprint density at radius 2 is 1.93 bits per heavy atom. The number of nitrogens with one attached hydrogen (secondary N) is 2. The molecule has 12 nitrogen and oxygen atoms in total. The van der Waals surface area contributed by atoms with Crippen molar-refractivity contribution in [1.29, 1.82) is 5.26 Å². The van der Waals surface area contributed by atoms with E-state index in [-0.39, 0.29) is 12.1 Å². The fourth-order valence-electron chi connectivity index (χ4n) is 4.13. The number of alkyl halides is 1. The van der Waals surface area contributed by atoms with Crippen molar-refractivity contribution in [3.8, 4) is 17.5 Å². The van der Waals surface area contributed by atoms with Crippen LogP contribution in [-0.2, 0) is 4.74 Å². The Balaban J connectivity index is 1.46. The van der Waals surface area contributed by atoms with E-state index in [2.05, 4.69) is 36.8 Å². The van der Waals surface area contributed by atoms with Gasteiger partial charge in [-0.2, -0.15) is 10.4 Å². The van der Waals surface area contributed by atoms with Gasteiger partial charge in [-0.1, -0.05) is 0 Å². The number of hydrogen-bond acceptors (Lipinski definition) is 10. The van der Waals surface area contributed by atoms with Gasteiger partial charge in [-0.05, 0) is 38.1 Å². The average molecular weight is 546 g/mol. The molecule has 1 aliphatic heterocycles. The van der Waals surface area contributed by atoms with Crippen molar-refractivity contribution in [2.75, 3.05) is 43.1 Å². The number of nitriles is 1. The average Bonchev–Trinajstić information content (AvgIpc) is 3.39. The third-order valence-corrected chi connectivity index (χ3v) is 6.46. The molecule has 40 heavy (non-hydrogen) atoms. The summed E-state index contributed by atoms with van der Waals surface area (Å²) in [5.74, 6) is 0.00131. The van der Waals surface area contributed by atoms with Gasteiger partial charge < -0.3 is 25.4 Å². The fourth-order valence-corrected chi connectivity index (χ4v) is 4.13. The molecule has 1 aliphatic rings. The second kappa shape index (κ2) is 11.2. The molecule has 0 spiro atoms. The van der Waals surface area contributed by atoms with Gasteiger partial charge in [0.25, 0.3) is 5.91 Å². The highest BCUT2D eigenvalue weighted by Gasteiger charge is 2.27. The van der Waals surface area contributed by atoms with Crippen LogP contribution in [0.25, 0.3) is 16.9 Å². The van der Waals surface area contributed by atoms with Crippen molar-refractivity contribution < 1.29 is 19.0 Å². The maximum atomic E-state index is 14.3. The standard InChI is InChI=1S/C27H28FN9O3/c1-27(2,39)24(28)16-31-25(38)20-15-30-22(23-4-3-19-9-17(11-29)12-34-37(19)23)10-21(20)35-18-13-32-26(33-14-18)36-5-7-40-8-6-36/h3-4,9-10,12-15,24,39H,5-8,16H2,1-2H3,(H,30,35)(H,31,38). The SMILES string of the molecule is CC(C)(O)C(F)CNC(=O)c1cnc(-c2ccc3cc(C#N)cnn23)cc1Nc1cnc(N2CCOCC2)nc1. The van der Waals surface area contributed by atoms with Crippen molar-refractivity contribution in [3.05, 3.63) is 60.2 Å². The Labute approximate surface area is 229 Å². The molecule has 0 saturated carbocycles. The molecule has 5 heterocycles. The number of amides is 1. The smallest absolute Gasteiger partial charge is 0.255 e. The van der Waals surface area contributed by atoms with Gasteiger partial charge in [-0.15, -0.1) is 0 Å². The van der Waals surface area contributed by atoms with Gasteiger partial charge in [-0.25, -0.2) is 18.9 Å². The highest BCUT2D eigenvalue weighted by molar-refractivity contribution is 6.00. The molecule has 4 aromatic heterocycles. The van der Waals surface area contributed by atoms with E-state index in [1.165, 1.54) is 26.2 Å². The molecule has 0 bridgehead atoms. The molecule has 1 amide bonds. The van der Waals surface area contributed by atoms with Crippen molar-refractivity contribution in [2.45, 2.75) is 25.6 Å². The number of hydrogen-bond donors (Lipinski definition) is 3. The van der Waals surface area contributed by atoms with Crippen LogP contribution < -0.4 is 15.5 Å². The van der Waals surface area contributed by atoms with Crippen LogP contribution in [0.2, 0.25) is 0 Å². The highest BCUT2D eigenvalue weighted by Crippen LogP contribution is 2.28. The van der Waals surface area contributed by atoms with Gasteiger partial charge in [0.15, 0.2) is 0 Å². The van der Waals surface area contributed by atoms with E-state index >= 15 is 0 Å². The number of ether oxygens (including phenoxy) is 1. The molecule has 1 fully saturated rings. The maximum Gasteiger partial charge on any atom is 0.255 e. The lowest BCUT2D eigenvalue weighted by molar-refractivity contribution is -0.00177. The summed E-state index contributed by atoms with van der Waals surface area (Å²) in [5, 5.41) is 29.1. The van der Waals surface area contributed by atoms with E-state index in [0.717, 1.165) is 0 Å². The van der Waals surface area contributed by atoms with Crippen LogP contribution in [0.4, 0.5) is 21.7 Å². The quantitative estimate of drug-likeness (QED) is 0.301. The molecule has 4 aromatic rings. The Morgan fingerprint density at radius 1 is 1.18 bits per heavy atom. The molecule has 0 aliphatic carbocycles. The number of pyridine rings is 1. The Hall–Kier alpha value is -4.67. The summed E-state index contributed by atoms with van der Waals surface area (Å²) in [4.78, 5) is 28.5. The van der Waals surface area contributed by atoms with Crippen LogP contribution in [-0.4, -0.2) is 80.2 Å². The molecule has 1 saturated heterocycles. The summed E-state index contributed by atoms with van der Waals surface area (Å²) in [6.07, 6.45) is 4.40. The Kier molecular flexibility index (Phi) is 7.54. The Morgan fingerprint density at radius 3 is 2.62 bits per heavy atom. The van der Waals surface area contributed by atoms with Crippen LogP contribution in [0.15, 0.2) is 49.1 Å². The molecular formula is C27H28FN9O3. The first-order chi connectivity index (χ1) is 19.2. The number of carbonyl (C=O) groups excluding carboxylic acids is 1. The molecule has 1 atom stereocenters. The van der Waals surface area contributed by atoms with Crippen LogP contribution in [0.1, 0.15) is 29.8 Å². The maximum absolute atomic E-state index is 14.3. The number of morpholine rings is 1. The lowest BCUT2D eigenvalue weighted by atomic mass is 10.0. The van der Waals surface area contributed by atoms with Crippen molar-refractivity contribution >= 4 is 28.7 Å². The summed E-state index contributed by atoms with van der Waals surface area (Å²) in [6.45, 7) is 4.90. The summed E-state index contributed by atoms with van der Waals surface area (Å²) >= 11 is 0. The van der Waals surface area contributed by atoms with E-state index in [1.807, 2.05) is 17.0 Å². The molecule has 0 aromatic carbocycles. The van der Waals surface area contributed by atoms with E-state index in [0.29, 0.717) is 66.1 Å². The first-order valence-electron chi connectivity index (χ1n) is 12.7. The summed E-state index contributed by atoms with van der Waals surface area (Å²) < 4.78 is 21.3. The van der Waals surface area contributed by atoms with Gasteiger partial charge in [0.05, 0.1) is 83.4 Å². The highest BCUT2D eigenvalue weighted by atomic mass is 19.1. The van der Waals surface area contributed by atoms with Crippen molar-refractivity contribution in [2.24, 2.45) is 0 Å². The zero-order chi connectivity index (χ0) is 28.3. The lowest BCUT2D eigenvalue weighted by Crippen LogP contribution is -2.42. The summed E-state index contributed by atoms with van der Waals surface area (Å²) in [7, 11) is 0. The first-order valence-corrected chi connectivity index (χ1v) is 12.7. The lowest BCUT2D eigenvalue weighted by Gasteiger charge is -2.26. The molecule has 13 heteroatoms. The topological polar surface area (TPSA) is 154 Å². The second-order valence-electron chi connectivity index (χ2n) is 9.85. The normalized spacial score (nSPS) is 14.5. The summed E-state index contributed by atoms with van der Waals surface area (Å²) in [6, 6.07) is 9.08. The van der Waals surface area contributed by atoms with Gasteiger partial charge in [0.2, 0.25) is 5.95 Å². The zero-order valence-electron chi connectivity index (χ0n) is 22.0. The number of aromatic nitrogens is 5. The van der Waals surface area contributed by atoms with Crippen LogP contribution in [0.3, 0.4) is 0 Å². The minimum absolute atomic E-state index is 0.157. The number of halogens is 1. The van der Waals surface area contributed by atoms with E-state index < -0.39 is 17.7 Å². The second-order valence-corrected chi connectivity index (χ2v) is 9.85. The third-order valence-electron chi connectivity index (χ3n) is 6.46. The number of aliphatic hydroxyl groups is 1. The molecule has 1 unspecified atom stereocenters. The minimum Gasteiger partial charge on any atom is -0.387 e. The number of nitrogens with zero attached hydrogens (tertiary/aromatic N) is 7. The molecule has 5 rings (SSSR count). The van der Waals surface area contributed by atoms with Crippen molar-refractivity contribution in [3.63, 3.8) is 0 Å². The number of rotatable bonds is 8. The molecular weight excluding hydrogens is 517 g/mol. The van der Waals surface area contributed by atoms with Crippen LogP contribution in [0.5, 0.6) is 0 Å². The molecule has 3 N–H and O–H groups in total. The predicted octanol–water partition coefficient (Wildman–Crippen LogP) is 2.48. The van der Waals surface area contributed by atoms with Gasteiger partial charge in [0.1, 0.15) is 12.2 Å². The van der Waals surface area contributed by atoms with E-state index in [9.17, 15) is 19.6 Å². The van der Waals surface area contributed by atoms with Gasteiger partial charge >= 0.3 is 0 Å². The minimum atomic E-state index is -1.67. The monoisotopic (exact) mass is 545 g/mol. The zero-order valence-corrected chi connectivity index (χ0v) is 22.0. The Bertz CT molecular complexity index is 1550. The number of fused-ring (bicyclic) bond motifs is 1. The fraction of sp³-hybridized carbons (Fsp3) is 0.333. The van der Waals surface area contributed by atoms with E-state index in [4.69, 9.17) is 4.74 Å². The molecule has 206 valence electrons. The summed E-state index contributed by atoms with van der Waals surface area (Å²) in [5.41, 5.74) is 1.74. The van der Waals surface area contributed by atoms with E-state index in [1.54, 1.807) is 29.0 Å². The van der Waals surface area contributed by atoms with Crippen LogP contribution >= 0.6 is 0 Å². The number of anilines is 3. The van der Waals surface area contributed by atoms with Crippen LogP contribution in [0, 0.1) is 11.3 Å².